The molecule has 7 heteroatoms. The monoisotopic (exact) mass is 338 g/mol. The Hall–Kier alpha value is -1.68. The van der Waals surface area contributed by atoms with Crippen LogP contribution in [-0.4, -0.2) is 14.7 Å². The summed E-state index contributed by atoms with van der Waals surface area (Å²) in [5.74, 6) is 0. The Balaban J connectivity index is 2.42. The van der Waals surface area contributed by atoms with Crippen LogP contribution < -0.4 is 4.72 Å². The molecular formula is C14H11ClN2O2S2. The normalized spacial score (nSPS) is 10.9. The van der Waals surface area contributed by atoms with Crippen molar-refractivity contribution < 1.29 is 8.42 Å². The van der Waals surface area contributed by atoms with Crippen molar-refractivity contribution in [2.45, 2.75) is 9.79 Å². The van der Waals surface area contributed by atoms with Gasteiger partial charge in [0.2, 0.25) is 0 Å². The van der Waals surface area contributed by atoms with Gasteiger partial charge < -0.3 is 0 Å². The zero-order valence-electron chi connectivity index (χ0n) is 11.0. The number of rotatable bonds is 4. The Morgan fingerprint density at radius 1 is 1.24 bits per heavy atom. The van der Waals surface area contributed by atoms with Crippen molar-refractivity contribution in [2.24, 2.45) is 0 Å². The first-order chi connectivity index (χ1) is 9.97. The highest BCUT2D eigenvalue weighted by Gasteiger charge is 2.19. The van der Waals surface area contributed by atoms with Gasteiger partial charge in [0.25, 0.3) is 10.0 Å². The quantitative estimate of drug-likeness (QED) is 0.862. The van der Waals surface area contributed by atoms with Crippen LogP contribution in [0.15, 0.2) is 52.3 Å². The number of sulfonamides is 1. The average molecular weight is 339 g/mol. The summed E-state index contributed by atoms with van der Waals surface area (Å²) in [6.45, 7) is 0. The number of benzene rings is 2. The molecule has 0 radical (unpaired) electrons. The number of hydrogen-bond acceptors (Lipinski definition) is 4. The molecule has 0 saturated carbocycles. The number of hydrogen-bond donors (Lipinski definition) is 1. The topological polar surface area (TPSA) is 70.0 Å². The highest BCUT2D eigenvalue weighted by Crippen LogP contribution is 2.29. The lowest BCUT2D eigenvalue weighted by Gasteiger charge is -2.12. The molecule has 0 aliphatic carbocycles. The molecule has 108 valence electrons. The van der Waals surface area contributed by atoms with Crippen LogP contribution in [0.3, 0.4) is 0 Å². The molecule has 0 atom stereocenters. The summed E-state index contributed by atoms with van der Waals surface area (Å²) in [7, 11) is -3.81. The van der Waals surface area contributed by atoms with E-state index in [9.17, 15) is 8.42 Å². The standard InChI is InChI=1S/C14H11ClN2O2S2/c1-20-13-5-3-2-4-12(13)17-21(18,19)14-7-6-10(9-16)8-11(14)15/h2-8,17H,1H3. The van der Waals surface area contributed by atoms with E-state index < -0.39 is 10.0 Å². The number of nitrogens with zero attached hydrogens (tertiary/aromatic N) is 1. The molecular weight excluding hydrogens is 328 g/mol. The molecule has 4 nitrogen and oxygen atoms in total. The summed E-state index contributed by atoms with van der Waals surface area (Å²) in [4.78, 5) is 0.755. The van der Waals surface area contributed by atoms with Crippen molar-refractivity contribution >= 4 is 39.1 Å². The SMILES string of the molecule is CSc1ccccc1NS(=O)(=O)c1ccc(C#N)cc1Cl. The maximum Gasteiger partial charge on any atom is 0.263 e. The van der Waals surface area contributed by atoms with Crippen LogP contribution in [0.4, 0.5) is 5.69 Å². The van der Waals surface area contributed by atoms with Crippen molar-refractivity contribution in [3.05, 3.63) is 53.1 Å². The van der Waals surface area contributed by atoms with Crippen LogP contribution in [0.5, 0.6) is 0 Å². The average Bonchev–Trinajstić information content (AvgIpc) is 2.47. The highest BCUT2D eigenvalue weighted by atomic mass is 35.5. The van der Waals surface area contributed by atoms with E-state index in [1.807, 2.05) is 24.5 Å². The highest BCUT2D eigenvalue weighted by molar-refractivity contribution is 7.99. The Bertz CT molecular complexity index is 814. The van der Waals surface area contributed by atoms with Gasteiger partial charge in [-0.3, -0.25) is 4.72 Å². The molecule has 0 bridgehead atoms. The lowest BCUT2D eigenvalue weighted by Crippen LogP contribution is -2.14. The summed E-state index contributed by atoms with van der Waals surface area (Å²) >= 11 is 7.40. The van der Waals surface area contributed by atoms with Crippen molar-refractivity contribution in [3.63, 3.8) is 0 Å². The number of anilines is 1. The summed E-state index contributed by atoms with van der Waals surface area (Å²) in [6.07, 6.45) is 1.86. The zero-order chi connectivity index (χ0) is 15.5. The summed E-state index contributed by atoms with van der Waals surface area (Å²) in [6, 6.07) is 13.1. The molecule has 2 rings (SSSR count). The van der Waals surface area contributed by atoms with Gasteiger partial charge in [0.05, 0.1) is 22.3 Å². The summed E-state index contributed by atoms with van der Waals surface area (Å²) in [5.41, 5.74) is 0.800. The molecule has 1 N–H and O–H groups in total. The number of para-hydroxylation sites is 1. The van der Waals surface area contributed by atoms with Crippen LogP contribution in [0.1, 0.15) is 5.56 Å². The Labute approximate surface area is 132 Å². The molecule has 2 aromatic rings. The van der Waals surface area contributed by atoms with Crippen molar-refractivity contribution in [1.29, 1.82) is 5.26 Å². The maximum absolute atomic E-state index is 12.4. The Kier molecular flexibility index (Phi) is 4.78. The fourth-order valence-electron chi connectivity index (χ4n) is 1.72. The minimum absolute atomic E-state index is 0.0168. The zero-order valence-corrected chi connectivity index (χ0v) is 13.4. The van der Waals surface area contributed by atoms with E-state index in [0.29, 0.717) is 11.3 Å². The minimum atomic E-state index is -3.81. The van der Waals surface area contributed by atoms with E-state index in [1.54, 1.807) is 12.1 Å². The first kappa shape index (κ1) is 15.7. The van der Waals surface area contributed by atoms with E-state index >= 15 is 0 Å². The molecule has 0 heterocycles. The third-order valence-electron chi connectivity index (χ3n) is 2.70. The smallest absolute Gasteiger partial charge is 0.263 e. The van der Waals surface area contributed by atoms with E-state index in [2.05, 4.69) is 4.72 Å². The van der Waals surface area contributed by atoms with Gasteiger partial charge in [-0.25, -0.2) is 8.42 Å². The van der Waals surface area contributed by atoms with Crippen LogP contribution in [0, 0.1) is 11.3 Å². The maximum atomic E-state index is 12.4. The van der Waals surface area contributed by atoms with E-state index in [4.69, 9.17) is 16.9 Å². The fraction of sp³-hybridized carbons (Fsp3) is 0.0714. The van der Waals surface area contributed by atoms with Gasteiger partial charge in [0.15, 0.2) is 0 Å². The molecule has 0 fully saturated rings. The molecule has 21 heavy (non-hydrogen) atoms. The van der Waals surface area contributed by atoms with Gasteiger partial charge in [-0.1, -0.05) is 23.7 Å². The first-order valence-electron chi connectivity index (χ1n) is 5.83. The van der Waals surface area contributed by atoms with Crippen LogP contribution in [0.25, 0.3) is 0 Å². The predicted octanol–water partition coefficient (Wildman–Crippen LogP) is 3.73. The summed E-state index contributed by atoms with van der Waals surface area (Å²) < 4.78 is 27.3. The predicted molar refractivity (Wildman–Crippen MR) is 85.2 cm³/mol. The molecule has 0 spiro atoms. The van der Waals surface area contributed by atoms with Gasteiger partial charge in [-0.2, -0.15) is 5.26 Å². The lowest BCUT2D eigenvalue weighted by molar-refractivity contribution is 0.601. The van der Waals surface area contributed by atoms with Crippen molar-refractivity contribution in [1.82, 2.24) is 0 Å². The van der Waals surface area contributed by atoms with E-state index in [1.165, 1.54) is 30.0 Å². The Morgan fingerprint density at radius 2 is 1.95 bits per heavy atom. The molecule has 0 aliphatic rings. The van der Waals surface area contributed by atoms with E-state index in [-0.39, 0.29) is 9.92 Å². The summed E-state index contributed by atoms with van der Waals surface area (Å²) in [5, 5.41) is 8.80. The second-order valence-electron chi connectivity index (χ2n) is 4.06. The lowest BCUT2D eigenvalue weighted by atomic mass is 10.2. The second kappa shape index (κ2) is 6.39. The molecule has 0 amide bonds. The number of thioether (sulfide) groups is 1. The largest absolute Gasteiger partial charge is 0.278 e. The molecule has 0 saturated heterocycles. The number of nitriles is 1. The Morgan fingerprint density at radius 3 is 2.57 bits per heavy atom. The van der Waals surface area contributed by atoms with Gasteiger partial charge in [0, 0.05) is 4.90 Å². The second-order valence-corrected chi connectivity index (χ2v) is 6.97. The van der Waals surface area contributed by atoms with Crippen LogP contribution in [-0.2, 0) is 10.0 Å². The molecule has 0 unspecified atom stereocenters. The van der Waals surface area contributed by atoms with Gasteiger partial charge in [-0.05, 0) is 36.6 Å². The van der Waals surface area contributed by atoms with E-state index in [0.717, 1.165) is 4.90 Å². The number of nitrogens with one attached hydrogen (secondary N) is 1. The first-order valence-corrected chi connectivity index (χ1v) is 8.92. The van der Waals surface area contributed by atoms with Crippen molar-refractivity contribution in [2.75, 3.05) is 11.0 Å². The third kappa shape index (κ3) is 3.50. The molecule has 2 aromatic carbocycles. The fourth-order valence-corrected chi connectivity index (χ4v) is 3.96. The van der Waals surface area contributed by atoms with Gasteiger partial charge in [0.1, 0.15) is 4.90 Å². The van der Waals surface area contributed by atoms with Crippen LogP contribution in [0.2, 0.25) is 5.02 Å². The van der Waals surface area contributed by atoms with Crippen LogP contribution >= 0.6 is 23.4 Å². The molecule has 0 aromatic heterocycles. The van der Waals surface area contributed by atoms with Gasteiger partial charge in [-0.15, -0.1) is 11.8 Å². The van der Waals surface area contributed by atoms with Gasteiger partial charge >= 0.3 is 0 Å². The number of halogens is 1. The third-order valence-corrected chi connectivity index (χ3v) is 5.35. The molecule has 0 aliphatic heterocycles. The van der Waals surface area contributed by atoms with Crippen molar-refractivity contribution in [3.8, 4) is 6.07 Å². The minimum Gasteiger partial charge on any atom is -0.278 e.